The van der Waals surface area contributed by atoms with Gasteiger partial charge in [0.15, 0.2) is 11.6 Å². The van der Waals surface area contributed by atoms with E-state index in [0.29, 0.717) is 6.61 Å². The van der Waals surface area contributed by atoms with E-state index in [9.17, 15) is 13.6 Å². The molecule has 0 unspecified atom stereocenters. The Balaban J connectivity index is 2.06. The fraction of sp³-hybridized carbons (Fsp3) is 0.417. The molecule has 1 aliphatic rings. The molecule has 18 heavy (non-hydrogen) atoms. The van der Waals surface area contributed by atoms with E-state index in [4.69, 9.17) is 16.3 Å². The predicted molar refractivity (Wildman–Crippen MR) is 62.7 cm³/mol. The number of benzene rings is 1. The molecule has 0 saturated carbocycles. The number of ether oxygens (including phenoxy) is 1. The molecule has 1 aromatic carbocycles. The molecule has 6 heteroatoms. The highest BCUT2D eigenvalue weighted by atomic mass is 35.5. The van der Waals surface area contributed by atoms with Crippen LogP contribution in [0, 0.1) is 11.6 Å². The van der Waals surface area contributed by atoms with Gasteiger partial charge in [-0.25, -0.2) is 8.78 Å². The molecule has 1 saturated heterocycles. The summed E-state index contributed by atoms with van der Waals surface area (Å²) in [5.74, 6) is -3.05. The van der Waals surface area contributed by atoms with Crippen LogP contribution in [0.1, 0.15) is 23.2 Å². The van der Waals surface area contributed by atoms with Gasteiger partial charge in [0.1, 0.15) is 0 Å². The van der Waals surface area contributed by atoms with Crippen molar-refractivity contribution in [2.75, 3.05) is 13.2 Å². The van der Waals surface area contributed by atoms with Crippen molar-refractivity contribution in [3.8, 4) is 0 Å². The van der Waals surface area contributed by atoms with E-state index < -0.39 is 23.1 Å². The first-order chi connectivity index (χ1) is 8.59. The minimum Gasteiger partial charge on any atom is -0.376 e. The van der Waals surface area contributed by atoms with Crippen molar-refractivity contribution in [1.29, 1.82) is 0 Å². The topological polar surface area (TPSA) is 38.3 Å². The standard InChI is InChI=1S/C12H12ClF2NO2/c13-8-3-4-9(14)11(15)10(8)12(17)16-6-7-2-1-5-18-7/h3-4,7H,1-2,5-6H2,(H,16,17)/t7-/m0/s1. The Morgan fingerprint density at radius 1 is 1.50 bits per heavy atom. The van der Waals surface area contributed by atoms with Crippen LogP contribution in [-0.4, -0.2) is 25.2 Å². The van der Waals surface area contributed by atoms with E-state index in [-0.39, 0.29) is 17.7 Å². The second kappa shape index (κ2) is 5.63. The highest BCUT2D eigenvalue weighted by Crippen LogP contribution is 2.21. The van der Waals surface area contributed by atoms with Gasteiger partial charge in [-0.15, -0.1) is 0 Å². The molecule has 1 aromatic rings. The third kappa shape index (κ3) is 2.79. The molecule has 1 fully saturated rings. The molecule has 0 aliphatic carbocycles. The Labute approximate surface area is 108 Å². The normalized spacial score (nSPS) is 18.9. The lowest BCUT2D eigenvalue weighted by Crippen LogP contribution is -2.32. The molecule has 1 aliphatic heterocycles. The van der Waals surface area contributed by atoms with Gasteiger partial charge >= 0.3 is 0 Å². The number of hydrogen-bond acceptors (Lipinski definition) is 2. The van der Waals surface area contributed by atoms with Crippen LogP contribution in [-0.2, 0) is 4.74 Å². The third-order valence-corrected chi connectivity index (χ3v) is 3.10. The van der Waals surface area contributed by atoms with Crippen molar-refractivity contribution in [3.05, 3.63) is 34.4 Å². The van der Waals surface area contributed by atoms with Crippen molar-refractivity contribution in [2.24, 2.45) is 0 Å². The van der Waals surface area contributed by atoms with Crippen LogP contribution in [0.3, 0.4) is 0 Å². The second-order valence-corrected chi connectivity index (χ2v) is 4.47. The first kappa shape index (κ1) is 13.2. The van der Waals surface area contributed by atoms with Crippen LogP contribution in [0.4, 0.5) is 8.78 Å². The summed E-state index contributed by atoms with van der Waals surface area (Å²) in [5, 5.41) is 2.38. The van der Waals surface area contributed by atoms with Crippen LogP contribution in [0.25, 0.3) is 0 Å². The van der Waals surface area contributed by atoms with Crippen LogP contribution in [0.15, 0.2) is 12.1 Å². The SMILES string of the molecule is O=C(NC[C@@H]1CCCO1)c1c(Cl)ccc(F)c1F. The maximum Gasteiger partial charge on any atom is 0.255 e. The zero-order valence-corrected chi connectivity index (χ0v) is 10.3. The van der Waals surface area contributed by atoms with Crippen LogP contribution >= 0.6 is 11.6 Å². The van der Waals surface area contributed by atoms with Crippen molar-refractivity contribution in [1.82, 2.24) is 5.32 Å². The highest BCUT2D eigenvalue weighted by molar-refractivity contribution is 6.33. The molecule has 0 bridgehead atoms. The quantitative estimate of drug-likeness (QED) is 0.861. The molecule has 1 amide bonds. The Morgan fingerprint density at radius 3 is 2.94 bits per heavy atom. The summed E-state index contributed by atoms with van der Waals surface area (Å²) in [4.78, 5) is 11.7. The molecule has 0 radical (unpaired) electrons. The van der Waals surface area contributed by atoms with Crippen LogP contribution in [0.5, 0.6) is 0 Å². The van der Waals surface area contributed by atoms with E-state index in [0.717, 1.165) is 25.0 Å². The molecular formula is C12H12ClF2NO2. The molecule has 98 valence electrons. The van der Waals surface area contributed by atoms with Gasteiger partial charge in [0.05, 0.1) is 16.7 Å². The Hall–Kier alpha value is -1.20. The van der Waals surface area contributed by atoms with Gasteiger partial charge in [-0.05, 0) is 25.0 Å². The minimum absolute atomic E-state index is 0.0654. The number of halogens is 3. The largest absolute Gasteiger partial charge is 0.376 e. The molecule has 1 heterocycles. The highest BCUT2D eigenvalue weighted by Gasteiger charge is 2.21. The van der Waals surface area contributed by atoms with E-state index in [1.165, 1.54) is 0 Å². The van der Waals surface area contributed by atoms with Gasteiger partial charge in [-0.2, -0.15) is 0 Å². The van der Waals surface area contributed by atoms with E-state index in [2.05, 4.69) is 5.32 Å². The smallest absolute Gasteiger partial charge is 0.255 e. The Bertz CT molecular complexity index is 462. The van der Waals surface area contributed by atoms with E-state index in [1.807, 2.05) is 0 Å². The van der Waals surface area contributed by atoms with E-state index in [1.54, 1.807) is 0 Å². The first-order valence-electron chi connectivity index (χ1n) is 5.63. The number of amides is 1. The molecule has 0 spiro atoms. The molecule has 1 N–H and O–H groups in total. The average molecular weight is 276 g/mol. The minimum atomic E-state index is -1.23. The maximum atomic E-state index is 13.5. The van der Waals surface area contributed by atoms with Crippen molar-refractivity contribution in [2.45, 2.75) is 18.9 Å². The summed E-state index contributed by atoms with van der Waals surface area (Å²) in [6, 6.07) is 2.04. The average Bonchev–Trinajstić information content (AvgIpc) is 2.85. The Kier molecular flexibility index (Phi) is 4.14. The van der Waals surface area contributed by atoms with Gasteiger partial charge in [0.25, 0.3) is 5.91 Å². The number of carbonyl (C=O) groups excluding carboxylic acids is 1. The first-order valence-corrected chi connectivity index (χ1v) is 6.00. The zero-order chi connectivity index (χ0) is 13.1. The second-order valence-electron chi connectivity index (χ2n) is 4.06. The zero-order valence-electron chi connectivity index (χ0n) is 9.51. The monoisotopic (exact) mass is 275 g/mol. The fourth-order valence-corrected chi connectivity index (χ4v) is 2.07. The fourth-order valence-electron chi connectivity index (χ4n) is 1.84. The molecule has 0 aromatic heterocycles. The molecular weight excluding hydrogens is 264 g/mol. The Morgan fingerprint density at radius 2 is 2.28 bits per heavy atom. The van der Waals surface area contributed by atoms with Gasteiger partial charge < -0.3 is 10.1 Å². The van der Waals surface area contributed by atoms with Crippen molar-refractivity contribution >= 4 is 17.5 Å². The maximum absolute atomic E-state index is 13.5. The number of carbonyl (C=O) groups is 1. The lowest BCUT2D eigenvalue weighted by atomic mass is 10.1. The van der Waals surface area contributed by atoms with Gasteiger partial charge in [-0.1, -0.05) is 11.6 Å². The molecule has 2 rings (SSSR count). The van der Waals surface area contributed by atoms with Gasteiger partial charge in [0, 0.05) is 13.2 Å². The van der Waals surface area contributed by atoms with Gasteiger partial charge in [0.2, 0.25) is 0 Å². The summed E-state index contributed by atoms with van der Waals surface area (Å²) in [6.07, 6.45) is 1.72. The molecule has 3 nitrogen and oxygen atoms in total. The van der Waals surface area contributed by atoms with Gasteiger partial charge in [-0.3, -0.25) is 4.79 Å². The number of rotatable bonds is 3. The number of hydrogen-bond donors (Lipinski definition) is 1. The summed E-state index contributed by atoms with van der Waals surface area (Å²) >= 11 is 5.69. The summed E-state index contributed by atoms with van der Waals surface area (Å²) in [7, 11) is 0. The van der Waals surface area contributed by atoms with Crippen LogP contribution < -0.4 is 5.32 Å². The van der Waals surface area contributed by atoms with Crippen molar-refractivity contribution < 1.29 is 18.3 Å². The van der Waals surface area contributed by atoms with Crippen LogP contribution in [0.2, 0.25) is 5.02 Å². The van der Waals surface area contributed by atoms with E-state index >= 15 is 0 Å². The third-order valence-electron chi connectivity index (χ3n) is 2.79. The number of nitrogens with one attached hydrogen (secondary N) is 1. The lowest BCUT2D eigenvalue weighted by Gasteiger charge is -2.12. The summed E-state index contributed by atoms with van der Waals surface area (Å²) in [6.45, 7) is 0.931. The summed E-state index contributed by atoms with van der Waals surface area (Å²) < 4.78 is 31.8. The van der Waals surface area contributed by atoms with Crippen molar-refractivity contribution in [3.63, 3.8) is 0 Å². The summed E-state index contributed by atoms with van der Waals surface area (Å²) in [5.41, 5.74) is -0.463. The lowest BCUT2D eigenvalue weighted by molar-refractivity contribution is 0.0854. The predicted octanol–water partition coefficient (Wildman–Crippen LogP) is 2.53. The molecule has 1 atom stereocenters.